The standard InChI is InChI=1S/C13H20FN/c1-6-9(3)8-12(7-2)13(15)10(4)11(5)14/h6-7,10-12,15H,1-3,8H2,4-5H3/t10-,11?,12?/m0/s1. The van der Waals surface area contributed by atoms with Crippen LogP contribution in [0.1, 0.15) is 20.3 Å². The van der Waals surface area contributed by atoms with Crippen LogP contribution < -0.4 is 0 Å². The summed E-state index contributed by atoms with van der Waals surface area (Å²) in [5, 5.41) is 7.86. The normalized spacial score (nSPS) is 16.2. The van der Waals surface area contributed by atoms with Crippen molar-refractivity contribution < 1.29 is 4.39 Å². The molecular weight excluding hydrogens is 189 g/mol. The maximum absolute atomic E-state index is 13.0. The van der Waals surface area contributed by atoms with E-state index in [2.05, 4.69) is 19.7 Å². The van der Waals surface area contributed by atoms with Gasteiger partial charge in [0, 0.05) is 17.5 Å². The highest BCUT2D eigenvalue weighted by molar-refractivity contribution is 5.88. The average Bonchev–Trinajstić information content (AvgIpc) is 2.23. The third-order valence-corrected chi connectivity index (χ3v) is 2.63. The zero-order valence-electron chi connectivity index (χ0n) is 9.59. The molecule has 2 heteroatoms. The molecule has 0 aromatic rings. The summed E-state index contributed by atoms with van der Waals surface area (Å²) in [5.74, 6) is -0.505. The van der Waals surface area contributed by atoms with Gasteiger partial charge < -0.3 is 5.41 Å². The van der Waals surface area contributed by atoms with E-state index < -0.39 is 6.17 Å². The summed E-state index contributed by atoms with van der Waals surface area (Å²) < 4.78 is 13.0. The van der Waals surface area contributed by atoms with E-state index in [4.69, 9.17) is 5.41 Å². The average molecular weight is 209 g/mol. The van der Waals surface area contributed by atoms with E-state index in [1.165, 1.54) is 6.92 Å². The van der Waals surface area contributed by atoms with Gasteiger partial charge in [0.1, 0.15) is 6.17 Å². The molecule has 1 N–H and O–H groups in total. The number of hydrogen-bond acceptors (Lipinski definition) is 1. The summed E-state index contributed by atoms with van der Waals surface area (Å²) in [5.41, 5.74) is 1.23. The molecule has 84 valence electrons. The minimum absolute atomic E-state index is 0.135. The van der Waals surface area contributed by atoms with Crippen LogP contribution in [0.3, 0.4) is 0 Å². The maximum Gasteiger partial charge on any atom is 0.105 e. The van der Waals surface area contributed by atoms with E-state index in [0.29, 0.717) is 12.1 Å². The van der Waals surface area contributed by atoms with Gasteiger partial charge in [-0.15, -0.1) is 6.58 Å². The van der Waals surface area contributed by atoms with Gasteiger partial charge in [-0.05, 0) is 13.3 Å². The molecule has 0 aliphatic heterocycles. The molecule has 0 saturated carbocycles. The highest BCUT2D eigenvalue weighted by Gasteiger charge is 2.22. The molecule has 0 saturated heterocycles. The van der Waals surface area contributed by atoms with Gasteiger partial charge in [0.15, 0.2) is 0 Å². The van der Waals surface area contributed by atoms with Crippen molar-refractivity contribution in [3.05, 3.63) is 37.5 Å². The Morgan fingerprint density at radius 1 is 1.40 bits per heavy atom. The first-order valence-electron chi connectivity index (χ1n) is 5.09. The predicted octanol–water partition coefficient (Wildman–Crippen LogP) is 3.93. The molecule has 1 nitrogen and oxygen atoms in total. The lowest BCUT2D eigenvalue weighted by atomic mass is 9.86. The Kier molecular flexibility index (Phi) is 5.83. The monoisotopic (exact) mass is 209 g/mol. The summed E-state index contributed by atoms with van der Waals surface area (Å²) in [6.07, 6.45) is 2.93. The number of allylic oxidation sites excluding steroid dienone is 3. The molecule has 0 fully saturated rings. The van der Waals surface area contributed by atoms with E-state index in [1.807, 2.05) is 0 Å². The zero-order chi connectivity index (χ0) is 12.0. The third-order valence-electron chi connectivity index (χ3n) is 2.63. The van der Waals surface area contributed by atoms with Gasteiger partial charge in [-0.3, -0.25) is 0 Å². The SMILES string of the molecule is C=CC(=C)CC(C=C)C(=N)[C@@H](C)C(C)F. The first kappa shape index (κ1) is 13.8. The van der Waals surface area contributed by atoms with Gasteiger partial charge >= 0.3 is 0 Å². The fourth-order valence-corrected chi connectivity index (χ4v) is 1.27. The summed E-state index contributed by atoms with van der Waals surface area (Å²) in [7, 11) is 0. The lowest BCUT2D eigenvalue weighted by Crippen LogP contribution is -2.25. The molecule has 0 aliphatic carbocycles. The van der Waals surface area contributed by atoms with E-state index in [9.17, 15) is 4.39 Å². The topological polar surface area (TPSA) is 23.9 Å². The van der Waals surface area contributed by atoms with E-state index in [0.717, 1.165) is 5.57 Å². The Morgan fingerprint density at radius 3 is 2.27 bits per heavy atom. The Bertz CT molecular complexity index is 266. The van der Waals surface area contributed by atoms with Crippen molar-refractivity contribution in [2.24, 2.45) is 11.8 Å². The Hall–Kier alpha value is -1.18. The fourth-order valence-electron chi connectivity index (χ4n) is 1.27. The number of halogens is 1. The Labute approximate surface area is 91.9 Å². The van der Waals surface area contributed by atoms with Crippen LogP contribution in [0.25, 0.3) is 0 Å². The van der Waals surface area contributed by atoms with Crippen molar-refractivity contribution in [1.29, 1.82) is 5.41 Å². The highest BCUT2D eigenvalue weighted by atomic mass is 19.1. The highest BCUT2D eigenvalue weighted by Crippen LogP contribution is 2.20. The van der Waals surface area contributed by atoms with Gasteiger partial charge in [-0.2, -0.15) is 0 Å². The smallest absolute Gasteiger partial charge is 0.105 e. The van der Waals surface area contributed by atoms with Crippen LogP contribution in [0.4, 0.5) is 4.39 Å². The van der Waals surface area contributed by atoms with Crippen LogP contribution in [0.5, 0.6) is 0 Å². The fraction of sp³-hybridized carbons (Fsp3) is 0.462. The van der Waals surface area contributed by atoms with Crippen LogP contribution in [0.15, 0.2) is 37.5 Å². The van der Waals surface area contributed by atoms with E-state index >= 15 is 0 Å². The summed E-state index contributed by atoms with van der Waals surface area (Å²) >= 11 is 0. The quantitative estimate of drug-likeness (QED) is 0.373. The number of rotatable bonds is 7. The zero-order valence-corrected chi connectivity index (χ0v) is 9.59. The molecule has 0 amide bonds. The molecule has 0 aliphatic rings. The van der Waals surface area contributed by atoms with Gasteiger partial charge in [-0.1, -0.05) is 37.8 Å². The molecular formula is C13H20FN. The minimum atomic E-state index is -1.00. The van der Waals surface area contributed by atoms with Gasteiger partial charge in [0.2, 0.25) is 0 Å². The van der Waals surface area contributed by atoms with Crippen molar-refractivity contribution in [3.8, 4) is 0 Å². The summed E-state index contributed by atoms with van der Waals surface area (Å²) in [6.45, 7) is 14.3. The second-order valence-electron chi connectivity index (χ2n) is 3.83. The van der Waals surface area contributed by atoms with Crippen molar-refractivity contribution in [2.45, 2.75) is 26.4 Å². The molecule has 2 unspecified atom stereocenters. The number of alkyl halides is 1. The molecule has 0 aromatic carbocycles. The van der Waals surface area contributed by atoms with Crippen molar-refractivity contribution in [2.75, 3.05) is 0 Å². The number of hydrogen-bond donors (Lipinski definition) is 1. The largest absolute Gasteiger partial charge is 0.309 e. The molecule has 0 radical (unpaired) electrons. The van der Waals surface area contributed by atoms with Crippen LogP contribution in [0, 0.1) is 17.2 Å². The Balaban J connectivity index is 4.54. The van der Waals surface area contributed by atoms with Gasteiger partial charge in [0.05, 0.1) is 0 Å². The first-order chi connectivity index (χ1) is 6.93. The van der Waals surface area contributed by atoms with Crippen LogP contribution in [0.2, 0.25) is 0 Å². The summed E-state index contributed by atoms with van der Waals surface area (Å²) in [4.78, 5) is 0. The summed E-state index contributed by atoms with van der Waals surface area (Å²) in [6, 6.07) is 0. The molecule has 0 rings (SSSR count). The second-order valence-corrected chi connectivity index (χ2v) is 3.83. The van der Waals surface area contributed by atoms with Crippen LogP contribution >= 0.6 is 0 Å². The third kappa shape index (κ3) is 4.24. The van der Waals surface area contributed by atoms with E-state index in [1.54, 1.807) is 19.1 Å². The minimum Gasteiger partial charge on any atom is -0.309 e. The molecule has 0 bridgehead atoms. The Morgan fingerprint density at radius 2 is 1.93 bits per heavy atom. The molecule has 0 heterocycles. The molecule has 0 spiro atoms. The lowest BCUT2D eigenvalue weighted by Gasteiger charge is -2.21. The first-order valence-corrected chi connectivity index (χ1v) is 5.09. The second kappa shape index (κ2) is 6.33. The lowest BCUT2D eigenvalue weighted by molar-refractivity contribution is 0.308. The number of nitrogens with one attached hydrogen (secondary N) is 1. The van der Waals surface area contributed by atoms with Crippen LogP contribution in [-0.2, 0) is 0 Å². The molecule has 3 atom stereocenters. The van der Waals surface area contributed by atoms with Gasteiger partial charge in [0.25, 0.3) is 0 Å². The predicted molar refractivity (Wildman–Crippen MR) is 65.1 cm³/mol. The van der Waals surface area contributed by atoms with Crippen molar-refractivity contribution in [1.82, 2.24) is 0 Å². The van der Waals surface area contributed by atoms with Gasteiger partial charge in [-0.25, -0.2) is 4.39 Å². The van der Waals surface area contributed by atoms with Crippen molar-refractivity contribution in [3.63, 3.8) is 0 Å². The van der Waals surface area contributed by atoms with E-state index in [-0.39, 0.29) is 11.8 Å². The maximum atomic E-state index is 13.0. The molecule has 0 aromatic heterocycles. The molecule has 15 heavy (non-hydrogen) atoms. The van der Waals surface area contributed by atoms with Crippen molar-refractivity contribution >= 4 is 5.71 Å². The van der Waals surface area contributed by atoms with Crippen LogP contribution in [-0.4, -0.2) is 11.9 Å².